The number of benzene rings is 8. The molecule has 12 nitrogen and oxygen atoms in total. The number of ether oxygens (including phenoxy) is 2. The standard InChI is InChI=1S/C60H42N2O10/c63-49(61-47-25-9-23-45-51(47)57(69)43-21-3-1-19-41(43)55(45)67)31-71-59-37-15-7-16-38(59)28-34-12-6-14-36(54(34)66)30-40-18-8-17-39(29-35-13-5-11-33(27-37)53(35)65)60(40)72-32-50(64)62-48-26-10-24-46-52(48)58(70)44-22-4-2-20-42(44)56(46)68/h1-26,65-66H,27-32H2,(H,61,63)(H,62,64). The van der Waals surface area contributed by atoms with Gasteiger partial charge in [0, 0.05) is 59.1 Å². The number of fused-ring (bicyclic) bond motifs is 12. The first-order chi connectivity index (χ1) is 35.0. The predicted molar refractivity (Wildman–Crippen MR) is 268 cm³/mol. The number of rotatable bonds is 8. The summed E-state index contributed by atoms with van der Waals surface area (Å²) in [6, 6.07) is 44.6. The van der Waals surface area contributed by atoms with Crippen LogP contribution in [-0.2, 0) is 35.3 Å². The minimum atomic E-state index is -0.575. The maximum absolute atomic E-state index is 13.8. The Morgan fingerprint density at radius 1 is 0.361 bits per heavy atom. The third-order valence-corrected chi connectivity index (χ3v) is 13.4. The fourth-order valence-corrected chi connectivity index (χ4v) is 10.0. The smallest absolute Gasteiger partial charge is 0.262 e. The van der Waals surface area contributed by atoms with Crippen LogP contribution in [0.2, 0.25) is 0 Å². The second-order valence-electron chi connectivity index (χ2n) is 17.9. The lowest BCUT2D eigenvalue weighted by molar-refractivity contribution is -0.118. The minimum absolute atomic E-state index is 0.0277. The van der Waals surface area contributed by atoms with Crippen molar-refractivity contribution in [2.45, 2.75) is 25.7 Å². The van der Waals surface area contributed by atoms with E-state index in [1.807, 2.05) is 48.5 Å². The summed E-state index contributed by atoms with van der Waals surface area (Å²) in [5, 5.41) is 29.5. The first-order valence-electron chi connectivity index (χ1n) is 23.3. The summed E-state index contributed by atoms with van der Waals surface area (Å²) >= 11 is 0. The SMILES string of the molecule is O=C(COc1c2cccc1Cc1cccc(c1O)Cc1cccc(c1OCC(=O)Nc1cccc3c1C(=O)c1ccccc1C3=O)Cc1cccc(c1O)C2)Nc1cccc2c1C(=O)c1ccccc1C2=O. The maximum Gasteiger partial charge on any atom is 0.262 e. The number of anilines is 2. The predicted octanol–water partition coefficient (Wildman–Crippen LogP) is 9.36. The van der Waals surface area contributed by atoms with Gasteiger partial charge in [0.2, 0.25) is 0 Å². The molecular formula is C60H42N2O10. The van der Waals surface area contributed by atoms with Crippen molar-refractivity contribution in [1.29, 1.82) is 0 Å². The van der Waals surface area contributed by atoms with E-state index in [-0.39, 0.29) is 105 Å². The number of aromatic hydroxyl groups is 2. The van der Waals surface area contributed by atoms with Crippen LogP contribution in [0.25, 0.3) is 0 Å². The maximum atomic E-state index is 13.8. The topological polar surface area (TPSA) is 185 Å². The Labute approximate surface area is 412 Å². The van der Waals surface area contributed by atoms with Gasteiger partial charge in [-0.25, -0.2) is 0 Å². The lowest BCUT2D eigenvalue weighted by Gasteiger charge is -2.21. The highest BCUT2D eigenvalue weighted by Gasteiger charge is 2.33. The molecule has 352 valence electrons. The van der Waals surface area contributed by atoms with E-state index in [2.05, 4.69) is 10.6 Å². The van der Waals surface area contributed by atoms with Gasteiger partial charge in [-0.3, -0.25) is 28.8 Å². The molecule has 11 rings (SSSR count). The van der Waals surface area contributed by atoms with Gasteiger partial charge >= 0.3 is 0 Å². The molecule has 12 heteroatoms. The summed E-state index contributed by atoms with van der Waals surface area (Å²) < 4.78 is 12.8. The largest absolute Gasteiger partial charge is 0.507 e. The number of nitrogens with one attached hydrogen (secondary N) is 2. The number of hydrogen-bond donors (Lipinski definition) is 4. The number of para-hydroxylation sites is 4. The van der Waals surface area contributed by atoms with E-state index in [4.69, 9.17) is 9.47 Å². The second kappa shape index (κ2) is 18.5. The molecule has 0 spiro atoms. The highest BCUT2D eigenvalue weighted by molar-refractivity contribution is 6.31. The zero-order valence-electron chi connectivity index (χ0n) is 38.4. The molecule has 0 atom stereocenters. The third-order valence-electron chi connectivity index (χ3n) is 13.4. The average molecular weight is 951 g/mol. The molecule has 2 amide bonds. The van der Waals surface area contributed by atoms with Gasteiger partial charge in [0.05, 0.1) is 22.5 Å². The number of ketones is 4. The van der Waals surface area contributed by atoms with Crippen molar-refractivity contribution in [3.8, 4) is 23.0 Å². The first-order valence-corrected chi connectivity index (χ1v) is 23.3. The molecule has 0 saturated carbocycles. The average Bonchev–Trinajstić information content (AvgIpc) is 3.38. The summed E-state index contributed by atoms with van der Waals surface area (Å²) in [6.45, 7) is -0.945. The molecule has 0 radical (unpaired) electrons. The van der Waals surface area contributed by atoms with Gasteiger partial charge in [-0.1, -0.05) is 146 Å². The Hall–Kier alpha value is -9.42. The molecule has 0 aromatic heterocycles. The first kappa shape index (κ1) is 45.0. The van der Waals surface area contributed by atoms with Crippen LogP contribution in [0.4, 0.5) is 11.4 Å². The van der Waals surface area contributed by atoms with Crippen molar-refractivity contribution in [3.05, 3.63) is 247 Å². The van der Waals surface area contributed by atoms with Crippen LogP contribution in [-0.4, -0.2) is 58.4 Å². The fourth-order valence-electron chi connectivity index (χ4n) is 10.0. The monoisotopic (exact) mass is 950 g/mol. The Morgan fingerprint density at radius 3 is 0.972 bits per heavy atom. The van der Waals surface area contributed by atoms with E-state index in [1.165, 1.54) is 0 Å². The molecule has 0 fully saturated rings. The molecule has 8 bridgehead atoms. The molecule has 8 aromatic carbocycles. The summed E-state index contributed by atoms with van der Waals surface area (Å²) in [5.41, 5.74) is 6.96. The number of phenolic OH excluding ortho intramolecular Hbond substituents is 2. The lowest BCUT2D eigenvalue weighted by atomic mass is 9.83. The number of amides is 2. The second-order valence-corrected chi connectivity index (χ2v) is 17.9. The summed E-state index contributed by atoms with van der Waals surface area (Å²) in [5.74, 6) is -1.72. The van der Waals surface area contributed by atoms with Crippen molar-refractivity contribution in [3.63, 3.8) is 0 Å². The molecule has 4 N–H and O–H groups in total. The van der Waals surface area contributed by atoms with E-state index in [1.54, 1.807) is 109 Å². The summed E-state index contributed by atoms with van der Waals surface area (Å²) in [4.78, 5) is 81.7. The number of phenols is 2. The van der Waals surface area contributed by atoms with Crippen LogP contribution in [0, 0.1) is 0 Å². The Morgan fingerprint density at radius 2 is 0.639 bits per heavy atom. The van der Waals surface area contributed by atoms with Gasteiger partial charge in [0.15, 0.2) is 36.3 Å². The van der Waals surface area contributed by atoms with Crippen molar-refractivity contribution < 1.29 is 48.5 Å². The van der Waals surface area contributed by atoms with Crippen LogP contribution in [0.5, 0.6) is 23.0 Å². The van der Waals surface area contributed by atoms with Gasteiger partial charge in [0.1, 0.15) is 23.0 Å². The Kier molecular flexibility index (Phi) is 11.6. The quantitative estimate of drug-likeness (QED) is 0.114. The molecule has 3 aliphatic carbocycles. The van der Waals surface area contributed by atoms with E-state index in [0.29, 0.717) is 67.1 Å². The molecule has 72 heavy (non-hydrogen) atoms. The zero-order chi connectivity index (χ0) is 49.6. The van der Waals surface area contributed by atoms with E-state index in [9.17, 15) is 39.0 Å². The number of carbonyl (C=O) groups excluding carboxylic acids is 6. The van der Waals surface area contributed by atoms with Crippen LogP contribution in [0.3, 0.4) is 0 Å². The number of carbonyl (C=O) groups is 6. The van der Waals surface area contributed by atoms with Crippen molar-refractivity contribution in [1.82, 2.24) is 0 Å². The van der Waals surface area contributed by atoms with Gasteiger partial charge in [-0.05, 0) is 56.6 Å². The fraction of sp³-hybridized carbons (Fsp3) is 0.100. The molecule has 0 heterocycles. The molecule has 3 aliphatic rings. The minimum Gasteiger partial charge on any atom is -0.507 e. The lowest BCUT2D eigenvalue weighted by Crippen LogP contribution is -2.26. The molecule has 0 aliphatic heterocycles. The summed E-state index contributed by atoms with van der Waals surface area (Å²) in [7, 11) is 0. The number of hydrogen-bond acceptors (Lipinski definition) is 10. The van der Waals surface area contributed by atoms with Gasteiger partial charge < -0.3 is 30.3 Å². The molecular weight excluding hydrogens is 909 g/mol. The normalized spacial score (nSPS) is 13.2. The Bertz CT molecular complexity index is 3330. The highest BCUT2D eigenvalue weighted by Crippen LogP contribution is 2.39. The van der Waals surface area contributed by atoms with Crippen LogP contribution >= 0.6 is 0 Å². The van der Waals surface area contributed by atoms with Gasteiger partial charge in [-0.2, -0.15) is 0 Å². The van der Waals surface area contributed by atoms with E-state index < -0.39 is 25.0 Å². The van der Waals surface area contributed by atoms with Crippen molar-refractivity contribution in [2.75, 3.05) is 23.8 Å². The Balaban J connectivity index is 0.882. The highest BCUT2D eigenvalue weighted by atomic mass is 16.5. The van der Waals surface area contributed by atoms with Crippen molar-refractivity contribution >= 4 is 46.3 Å². The van der Waals surface area contributed by atoms with Gasteiger partial charge in [-0.15, -0.1) is 0 Å². The van der Waals surface area contributed by atoms with Crippen LogP contribution < -0.4 is 20.1 Å². The summed E-state index contributed by atoms with van der Waals surface area (Å²) in [6.07, 6.45) is 0.743. The van der Waals surface area contributed by atoms with Crippen LogP contribution in [0.1, 0.15) is 108 Å². The molecule has 8 aromatic rings. The third kappa shape index (κ3) is 8.14. The van der Waals surface area contributed by atoms with Gasteiger partial charge in [0.25, 0.3) is 11.8 Å². The van der Waals surface area contributed by atoms with E-state index in [0.717, 1.165) is 0 Å². The van der Waals surface area contributed by atoms with Crippen LogP contribution in [0.15, 0.2) is 158 Å². The zero-order valence-corrected chi connectivity index (χ0v) is 38.4. The molecule has 0 unspecified atom stereocenters. The molecule has 0 saturated heterocycles. The van der Waals surface area contributed by atoms with Crippen molar-refractivity contribution in [2.24, 2.45) is 0 Å². The van der Waals surface area contributed by atoms with E-state index >= 15 is 0 Å².